The second-order valence-electron chi connectivity index (χ2n) is 9.38. The first kappa shape index (κ1) is 27.6. The van der Waals surface area contributed by atoms with Crippen molar-refractivity contribution in [3.05, 3.63) is 65.5 Å². The summed E-state index contributed by atoms with van der Waals surface area (Å²) in [6, 6.07) is 12.4. The van der Waals surface area contributed by atoms with E-state index in [1.165, 1.54) is 19.1 Å². The van der Waals surface area contributed by atoms with Gasteiger partial charge in [-0.1, -0.05) is 56.5 Å². The molecule has 0 aliphatic carbocycles. The van der Waals surface area contributed by atoms with Crippen LogP contribution in [0.25, 0.3) is 0 Å². The predicted octanol–water partition coefficient (Wildman–Crippen LogP) is 3.19. The Balaban J connectivity index is 1.69. The van der Waals surface area contributed by atoms with Gasteiger partial charge in [0.15, 0.2) is 0 Å². The zero-order valence-electron chi connectivity index (χ0n) is 21.2. The molecular weight excluding hydrogens is 461 g/mol. The predicted molar refractivity (Wildman–Crippen MR) is 137 cm³/mol. The van der Waals surface area contributed by atoms with E-state index in [0.717, 1.165) is 31.2 Å². The summed E-state index contributed by atoms with van der Waals surface area (Å²) in [4.78, 5) is 26.9. The highest BCUT2D eigenvalue weighted by Crippen LogP contribution is 2.21. The third kappa shape index (κ3) is 8.31. The Kier molecular flexibility index (Phi) is 10.7. The summed E-state index contributed by atoms with van der Waals surface area (Å²) in [5.41, 5.74) is 1.57. The molecule has 1 aliphatic heterocycles. The summed E-state index contributed by atoms with van der Waals surface area (Å²) < 4.78 is 20.1. The smallest absolute Gasteiger partial charge is 0.242 e. The Hall–Kier alpha value is -2.97. The number of hydrogen-bond acceptors (Lipinski definition) is 5. The monoisotopic (exact) mass is 499 g/mol. The van der Waals surface area contributed by atoms with Crippen molar-refractivity contribution in [2.45, 2.75) is 70.7 Å². The van der Waals surface area contributed by atoms with Gasteiger partial charge >= 0.3 is 0 Å². The van der Waals surface area contributed by atoms with Gasteiger partial charge in [0.05, 0.1) is 18.8 Å². The molecule has 2 aromatic carbocycles. The molecular formula is C28H38FN3O4. The minimum Gasteiger partial charge on any atom is -0.493 e. The second kappa shape index (κ2) is 13.9. The molecule has 36 heavy (non-hydrogen) atoms. The number of aliphatic hydroxyl groups excluding tert-OH is 1. The van der Waals surface area contributed by atoms with E-state index in [1.54, 1.807) is 11.0 Å². The zero-order chi connectivity index (χ0) is 25.9. The van der Waals surface area contributed by atoms with Crippen molar-refractivity contribution < 1.29 is 23.8 Å². The number of unbranched alkanes of at least 4 members (excludes halogenated alkanes) is 3. The maximum absolute atomic E-state index is 14.3. The van der Waals surface area contributed by atoms with Crippen molar-refractivity contribution in [3.8, 4) is 5.75 Å². The van der Waals surface area contributed by atoms with E-state index < -0.39 is 24.0 Å². The number of carbonyl (C=O) groups is 2. The molecule has 0 saturated carbocycles. The minimum absolute atomic E-state index is 0.148. The first-order valence-electron chi connectivity index (χ1n) is 12.8. The van der Waals surface area contributed by atoms with E-state index in [1.807, 2.05) is 30.3 Å². The number of nitrogens with one attached hydrogen (secondary N) is 2. The molecule has 1 fully saturated rings. The molecule has 3 rings (SSSR count). The van der Waals surface area contributed by atoms with Gasteiger partial charge < -0.3 is 25.4 Å². The molecule has 2 amide bonds. The first-order chi connectivity index (χ1) is 17.4. The molecule has 196 valence electrons. The maximum atomic E-state index is 14.3. The average Bonchev–Trinajstić information content (AvgIpc) is 2.84. The maximum Gasteiger partial charge on any atom is 0.242 e. The fourth-order valence-corrected chi connectivity index (χ4v) is 4.52. The topological polar surface area (TPSA) is 90.9 Å². The molecule has 0 unspecified atom stereocenters. The van der Waals surface area contributed by atoms with Crippen LogP contribution < -0.4 is 15.4 Å². The number of benzene rings is 2. The molecule has 0 radical (unpaired) electrons. The third-order valence-electron chi connectivity index (χ3n) is 6.34. The van der Waals surface area contributed by atoms with E-state index in [9.17, 15) is 19.1 Å². The molecule has 0 aromatic heterocycles. The number of piperazine rings is 1. The van der Waals surface area contributed by atoms with Crippen LogP contribution in [0.15, 0.2) is 48.5 Å². The van der Waals surface area contributed by atoms with E-state index >= 15 is 0 Å². The van der Waals surface area contributed by atoms with Crippen molar-refractivity contribution in [1.29, 1.82) is 0 Å². The average molecular weight is 500 g/mol. The van der Waals surface area contributed by atoms with Crippen molar-refractivity contribution in [1.82, 2.24) is 15.5 Å². The van der Waals surface area contributed by atoms with Crippen molar-refractivity contribution >= 4 is 11.8 Å². The molecule has 1 aliphatic rings. The molecule has 7 nitrogen and oxygen atoms in total. The van der Waals surface area contributed by atoms with Gasteiger partial charge in [-0.15, -0.1) is 0 Å². The number of ether oxygens (including phenoxy) is 1. The van der Waals surface area contributed by atoms with Gasteiger partial charge in [-0.25, -0.2) is 4.39 Å². The first-order valence-corrected chi connectivity index (χ1v) is 12.8. The fraction of sp³-hybridized carbons (Fsp3) is 0.500. The molecule has 1 saturated heterocycles. The lowest BCUT2D eigenvalue weighted by Crippen LogP contribution is -2.63. The van der Waals surface area contributed by atoms with Crippen LogP contribution in [-0.4, -0.2) is 59.7 Å². The van der Waals surface area contributed by atoms with E-state index in [2.05, 4.69) is 17.6 Å². The molecule has 0 spiro atoms. The van der Waals surface area contributed by atoms with E-state index in [-0.39, 0.29) is 18.2 Å². The summed E-state index contributed by atoms with van der Waals surface area (Å²) in [5, 5.41) is 17.1. The highest BCUT2D eigenvalue weighted by atomic mass is 19.1. The third-order valence-corrected chi connectivity index (χ3v) is 6.34. The highest BCUT2D eigenvalue weighted by Gasteiger charge is 2.38. The van der Waals surface area contributed by atoms with Crippen molar-refractivity contribution in [3.63, 3.8) is 0 Å². The van der Waals surface area contributed by atoms with E-state index in [4.69, 9.17) is 4.74 Å². The Morgan fingerprint density at radius 3 is 2.69 bits per heavy atom. The van der Waals surface area contributed by atoms with E-state index in [0.29, 0.717) is 37.6 Å². The number of aliphatic hydroxyl groups is 1. The molecule has 2 aromatic rings. The van der Waals surface area contributed by atoms with Crippen LogP contribution in [0.2, 0.25) is 0 Å². The normalized spacial score (nSPS) is 17.5. The van der Waals surface area contributed by atoms with Crippen LogP contribution in [0, 0.1) is 5.82 Å². The van der Waals surface area contributed by atoms with Crippen LogP contribution in [0.3, 0.4) is 0 Å². The molecule has 3 atom stereocenters. The van der Waals surface area contributed by atoms with Crippen molar-refractivity contribution in [2.24, 2.45) is 0 Å². The Labute approximate surface area is 213 Å². The summed E-state index contributed by atoms with van der Waals surface area (Å²) >= 11 is 0. The van der Waals surface area contributed by atoms with Crippen LogP contribution in [-0.2, 0) is 22.6 Å². The summed E-state index contributed by atoms with van der Waals surface area (Å²) in [5.74, 6) is -0.609. The number of nitrogens with zero attached hydrogens (tertiary/aromatic N) is 1. The van der Waals surface area contributed by atoms with Gasteiger partial charge in [0.2, 0.25) is 11.8 Å². The number of rotatable bonds is 13. The molecule has 3 N–H and O–H groups in total. The van der Waals surface area contributed by atoms with Gasteiger partial charge in [0.1, 0.15) is 17.6 Å². The van der Waals surface area contributed by atoms with Crippen LogP contribution in [0.4, 0.5) is 4.39 Å². The molecule has 1 heterocycles. The van der Waals surface area contributed by atoms with Gasteiger partial charge in [-0.05, 0) is 36.1 Å². The lowest BCUT2D eigenvalue weighted by Gasteiger charge is -2.38. The van der Waals surface area contributed by atoms with Crippen LogP contribution in [0.5, 0.6) is 5.75 Å². The number of amides is 2. The van der Waals surface area contributed by atoms with Gasteiger partial charge in [-0.3, -0.25) is 9.59 Å². The summed E-state index contributed by atoms with van der Waals surface area (Å²) in [7, 11) is 0. The second-order valence-corrected chi connectivity index (χ2v) is 9.38. The van der Waals surface area contributed by atoms with Gasteiger partial charge in [-0.2, -0.15) is 0 Å². The Morgan fingerprint density at radius 2 is 1.97 bits per heavy atom. The number of halogens is 1. The minimum atomic E-state index is -1.21. The van der Waals surface area contributed by atoms with Crippen molar-refractivity contribution in [2.75, 3.05) is 19.7 Å². The summed E-state index contributed by atoms with van der Waals surface area (Å²) in [6.07, 6.45) is 3.14. The fourth-order valence-electron chi connectivity index (χ4n) is 4.52. The standard InChI is InChI=1S/C28H38FN3O4/c1-3-4-5-9-14-36-24-16-22(15-23(29)18-24)17-25(31-20(2)33)27(34)26-28(35)32(13-12-30-26)19-21-10-7-6-8-11-21/h6-8,10-11,15-16,18,25-27,30,34H,3-5,9,12-14,17,19H2,1-2H3,(H,31,33)/t25-,26-,27-/m0/s1. The SMILES string of the molecule is CCCCCCOc1cc(F)cc(C[C@H](NC(C)=O)[C@H](O)[C@@H]2NCCN(Cc3ccccc3)C2=O)c1. The van der Waals surface area contributed by atoms with Gasteiger partial charge in [0.25, 0.3) is 0 Å². The zero-order valence-corrected chi connectivity index (χ0v) is 21.2. The number of carbonyl (C=O) groups excluding carboxylic acids is 2. The Morgan fingerprint density at radius 1 is 1.19 bits per heavy atom. The van der Waals surface area contributed by atoms with Crippen LogP contribution >= 0.6 is 0 Å². The largest absolute Gasteiger partial charge is 0.493 e. The van der Waals surface area contributed by atoms with Crippen LogP contribution in [0.1, 0.15) is 50.7 Å². The highest BCUT2D eigenvalue weighted by molar-refractivity contribution is 5.83. The molecule has 8 heteroatoms. The lowest BCUT2D eigenvalue weighted by molar-refractivity contribution is -0.141. The molecule has 0 bridgehead atoms. The van der Waals surface area contributed by atoms with Gasteiger partial charge in [0, 0.05) is 32.6 Å². The Bertz CT molecular complexity index is 988. The quantitative estimate of drug-likeness (QED) is 0.368. The summed E-state index contributed by atoms with van der Waals surface area (Å²) in [6.45, 7) is 5.47. The number of hydrogen-bond donors (Lipinski definition) is 3. The lowest BCUT2D eigenvalue weighted by atomic mass is 9.94.